The molecule has 3 aromatic rings. The van der Waals surface area contributed by atoms with Gasteiger partial charge in [0.05, 0.1) is 22.4 Å². The third kappa shape index (κ3) is 4.38. The summed E-state index contributed by atoms with van der Waals surface area (Å²) in [4.78, 5) is 16.3. The zero-order chi connectivity index (χ0) is 17.6. The predicted molar refractivity (Wildman–Crippen MR) is 97.3 cm³/mol. The van der Waals surface area contributed by atoms with Crippen molar-refractivity contribution in [2.75, 3.05) is 11.1 Å². The van der Waals surface area contributed by atoms with Gasteiger partial charge >= 0.3 is 0 Å². The van der Waals surface area contributed by atoms with Crippen LogP contribution in [0.2, 0.25) is 5.02 Å². The number of carbonyl (C=O) groups excluding carboxylic acids is 1. The zero-order valence-corrected chi connectivity index (χ0v) is 14.4. The molecule has 0 aliphatic rings. The molecule has 0 saturated carbocycles. The maximum absolute atomic E-state index is 12.0. The molecule has 0 fully saturated rings. The number of thioether (sulfide) groups is 1. The molecule has 0 aliphatic carbocycles. The Balaban J connectivity index is 1.57. The van der Waals surface area contributed by atoms with Gasteiger partial charge in [-0.2, -0.15) is 5.26 Å². The van der Waals surface area contributed by atoms with Gasteiger partial charge in [-0.1, -0.05) is 35.5 Å². The highest BCUT2D eigenvalue weighted by Gasteiger charge is 2.11. The highest BCUT2D eigenvalue weighted by molar-refractivity contribution is 7.99. The van der Waals surface area contributed by atoms with E-state index in [-0.39, 0.29) is 11.7 Å². The van der Waals surface area contributed by atoms with Gasteiger partial charge < -0.3 is 5.32 Å². The second-order valence-electron chi connectivity index (χ2n) is 4.97. The van der Waals surface area contributed by atoms with E-state index in [4.69, 9.17) is 16.9 Å². The maximum atomic E-state index is 12.0. The first-order valence-corrected chi connectivity index (χ1v) is 8.62. The number of rotatable bonds is 5. The predicted octanol–water partition coefficient (Wildman–Crippen LogP) is 3.73. The first-order chi connectivity index (χ1) is 12.2. The van der Waals surface area contributed by atoms with Crippen molar-refractivity contribution in [2.24, 2.45) is 0 Å². The number of nitriles is 1. The first-order valence-electron chi connectivity index (χ1n) is 7.26. The van der Waals surface area contributed by atoms with E-state index >= 15 is 0 Å². The number of hydrogen-bond acceptors (Lipinski definition) is 5. The number of anilines is 1. The van der Waals surface area contributed by atoms with Crippen LogP contribution in [0.3, 0.4) is 0 Å². The minimum Gasteiger partial charge on any atom is -0.325 e. The fourth-order valence-corrected chi connectivity index (χ4v) is 2.86. The number of hydrogen-bond donors (Lipinski definition) is 2. The second-order valence-corrected chi connectivity index (χ2v) is 6.32. The van der Waals surface area contributed by atoms with Crippen molar-refractivity contribution in [3.63, 3.8) is 0 Å². The van der Waals surface area contributed by atoms with E-state index in [0.717, 1.165) is 5.56 Å². The standard InChI is InChI=1S/C17H12ClN5OS/c18-14-4-2-1-3-13(14)16-21-17(23-22-16)25-10-15(24)20-12-7-5-11(9-19)6-8-12/h1-8H,10H2,(H,20,24)(H,21,22,23). The number of nitrogens with one attached hydrogen (secondary N) is 2. The van der Waals surface area contributed by atoms with E-state index in [0.29, 0.717) is 27.3 Å². The molecule has 0 unspecified atom stereocenters. The third-order valence-corrected chi connectivity index (χ3v) is 4.40. The number of halogens is 1. The smallest absolute Gasteiger partial charge is 0.234 e. The Bertz CT molecular complexity index is 933. The van der Waals surface area contributed by atoms with Crippen LogP contribution in [-0.4, -0.2) is 26.8 Å². The van der Waals surface area contributed by atoms with Crippen LogP contribution in [0.4, 0.5) is 5.69 Å². The summed E-state index contributed by atoms with van der Waals surface area (Å²) in [6, 6.07) is 16.0. The van der Waals surface area contributed by atoms with Crippen LogP contribution in [0.25, 0.3) is 11.4 Å². The Labute approximate surface area is 153 Å². The number of H-pyrrole nitrogens is 1. The molecule has 2 aromatic carbocycles. The number of aromatic amines is 1. The van der Waals surface area contributed by atoms with Crippen molar-refractivity contribution >= 4 is 35.0 Å². The minimum absolute atomic E-state index is 0.166. The molecule has 1 aromatic heterocycles. The minimum atomic E-state index is -0.182. The van der Waals surface area contributed by atoms with Crippen molar-refractivity contribution in [1.29, 1.82) is 5.26 Å². The van der Waals surface area contributed by atoms with Crippen molar-refractivity contribution in [3.8, 4) is 17.5 Å². The lowest BCUT2D eigenvalue weighted by Crippen LogP contribution is -2.14. The molecule has 1 amide bonds. The van der Waals surface area contributed by atoms with Gasteiger partial charge in [-0.25, -0.2) is 4.98 Å². The van der Waals surface area contributed by atoms with Crippen LogP contribution in [-0.2, 0) is 4.79 Å². The molecule has 124 valence electrons. The van der Waals surface area contributed by atoms with Crippen molar-refractivity contribution in [1.82, 2.24) is 15.2 Å². The number of aromatic nitrogens is 3. The quantitative estimate of drug-likeness (QED) is 0.668. The number of nitrogens with zero attached hydrogens (tertiary/aromatic N) is 3. The summed E-state index contributed by atoms with van der Waals surface area (Å²) in [6.45, 7) is 0. The molecule has 8 heteroatoms. The van der Waals surface area contributed by atoms with E-state index in [2.05, 4.69) is 20.5 Å². The van der Waals surface area contributed by atoms with Crippen LogP contribution in [0.5, 0.6) is 0 Å². The van der Waals surface area contributed by atoms with Crippen molar-refractivity contribution in [3.05, 3.63) is 59.1 Å². The fourth-order valence-electron chi connectivity index (χ4n) is 2.04. The van der Waals surface area contributed by atoms with Crippen LogP contribution in [0, 0.1) is 11.3 Å². The molecule has 2 N–H and O–H groups in total. The summed E-state index contributed by atoms with van der Waals surface area (Å²) in [5.41, 5.74) is 1.93. The van der Waals surface area contributed by atoms with Gasteiger partial charge in [-0.15, -0.1) is 5.10 Å². The van der Waals surface area contributed by atoms with Gasteiger partial charge in [-0.05, 0) is 36.4 Å². The lowest BCUT2D eigenvalue weighted by molar-refractivity contribution is -0.113. The Kier molecular flexibility index (Phi) is 5.33. The molecule has 0 saturated heterocycles. The molecule has 25 heavy (non-hydrogen) atoms. The normalized spacial score (nSPS) is 10.2. The maximum Gasteiger partial charge on any atom is 0.234 e. The Morgan fingerprint density at radius 2 is 2.00 bits per heavy atom. The zero-order valence-electron chi connectivity index (χ0n) is 12.9. The van der Waals surface area contributed by atoms with Gasteiger partial charge in [0, 0.05) is 11.3 Å². The summed E-state index contributed by atoms with van der Waals surface area (Å²) >= 11 is 7.34. The molecule has 0 atom stereocenters. The Morgan fingerprint density at radius 3 is 2.72 bits per heavy atom. The van der Waals surface area contributed by atoms with E-state index in [1.165, 1.54) is 11.8 Å². The molecule has 0 bridgehead atoms. The number of carbonyl (C=O) groups is 1. The van der Waals surface area contributed by atoms with Crippen molar-refractivity contribution < 1.29 is 4.79 Å². The summed E-state index contributed by atoms with van der Waals surface area (Å²) < 4.78 is 0. The molecular formula is C17H12ClN5OS. The van der Waals surface area contributed by atoms with Gasteiger partial charge in [0.2, 0.25) is 11.1 Å². The Morgan fingerprint density at radius 1 is 1.24 bits per heavy atom. The van der Waals surface area contributed by atoms with Crippen LogP contribution in [0.1, 0.15) is 5.56 Å². The van der Waals surface area contributed by atoms with Gasteiger partial charge in [0.1, 0.15) is 0 Å². The van der Waals surface area contributed by atoms with E-state index < -0.39 is 0 Å². The fraction of sp³-hybridized carbons (Fsp3) is 0.0588. The second kappa shape index (κ2) is 7.83. The summed E-state index contributed by atoms with van der Waals surface area (Å²) in [6.07, 6.45) is 0. The van der Waals surface area contributed by atoms with Crippen LogP contribution in [0.15, 0.2) is 53.7 Å². The molecule has 0 spiro atoms. The first kappa shape index (κ1) is 17.0. The molecule has 0 aliphatic heterocycles. The summed E-state index contributed by atoms with van der Waals surface area (Å²) in [5, 5.41) is 19.5. The topological polar surface area (TPSA) is 94.5 Å². The molecule has 3 rings (SSSR count). The molecule has 1 heterocycles. The summed E-state index contributed by atoms with van der Waals surface area (Å²) in [5.74, 6) is 0.541. The van der Waals surface area contributed by atoms with Gasteiger partial charge in [0.15, 0.2) is 5.82 Å². The number of benzene rings is 2. The SMILES string of the molecule is N#Cc1ccc(NC(=O)CSc2n[nH]c(-c3ccccc3Cl)n2)cc1. The largest absolute Gasteiger partial charge is 0.325 e. The van der Waals surface area contributed by atoms with E-state index in [1.54, 1.807) is 30.3 Å². The molecular weight excluding hydrogens is 358 g/mol. The lowest BCUT2D eigenvalue weighted by Gasteiger charge is -2.03. The van der Waals surface area contributed by atoms with Gasteiger partial charge in [-0.3, -0.25) is 9.89 Å². The van der Waals surface area contributed by atoms with Crippen LogP contribution >= 0.6 is 23.4 Å². The Hall–Kier alpha value is -2.82. The highest BCUT2D eigenvalue weighted by atomic mass is 35.5. The van der Waals surface area contributed by atoms with E-state index in [9.17, 15) is 4.79 Å². The summed E-state index contributed by atoms with van der Waals surface area (Å²) in [7, 11) is 0. The third-order valence-electron chi connectivity index (χ3n) is 3.22. The highest BCUT2D eigenvalue weighted by Crippen LogP contribution is 2.26. The average Bonchev–Trinajstić information content (AvgIpc) is 3.10. The average molecular weight is 370 g/mol. The number of amides is 1. The lowest BCUT2D eigenvalue weighted by atomic mass is 10.2. The van der Waals surface area contributed by atoms with Crippen LogP contribution < -0.4 is 5.32 Å². The van der Waals surface area contributed by atoms with Gasteiger partial charge in [0.25, 0.3) is 0 Å². The monoisotopic (exact) mass is 369 g/mol. The van der Waals surface area contributed by atoms with E-state index in [1.807, 2.05) is 24.3 Å². The molecule has 0 radical (unpaired) electrons. The molecule has 6 nitrogen and oxygen atoms in total. The van der Waals surface area contributed by atoms with Crippen molar-refractivity contribution in [2.45, 2.75) is 5.16 Å².